The van der Waals surface area contributed by atoms with E-state index in [0.29, 0.717) is 13.1 Å². The van der Waals surface area contributed by atoms with Crippen LogP contribution in [0.4, 0.5) is 13.2 Å². The van der Waals surface area contributed by atoms with Gasteiger partial charge in [-0.1, -0.05) is 10.4 Å². The Morgan fingerprint density at radius 1 is 1.16 bits per heavy atom. The maximum absolute atomic E-state index is 12.8. The molecule has 0 aliphatic carbocycles. The van der Waals surface area contributed by atoms with Gasteiger partial charge >= 0.3 is 6.18 Å². The molecule has 32 heavy (non-hydrogen) atoms. The molecule has 14 heteroatoms. The maximum atomic E-state index is 12.8. The molecule has 1 amide bonds. The molecule has 3 N–H and O–H groups in total. The van der Waals surface area contributed by atoms with Gasteiger partial charge < -0.3 is 10.4 Å². The van der Waals surface area contributed by atoms with E-state index >= 15 is 0 Å². The zero-order valence-corrected chi connectivity index (χ0v) is 17.1. The second-order valence-electron chi connectivity index (χ2n) is 6.88. The van der Waals surface area contributed by atoms with Gasteiger partial charge in [-0.05, 0) is 25.0 Å². The van der Waals surface area contributed by atoms with Crippen molar-refractivity contribution in [3.8, 4) is 0 Å². The molecule has 0 aliphatic heterocycles. The summed E-state index contributed by atoms with van der Waals surface area (Å²) < 4.78 is 41.4. The summed E-state index contributed by atoms with van der Waals surface area (Å²) >= 11 is 0. The Morgan fingerprint density at radius 3 is 2.53 bits per heavy atom. The maximum Gasteiger partial charge on any atom is 0.416 e. The van der Waals surface area contributed by atoms with Crippen molar-refractivity contribution in [2.45, 2.75) is 44.9 Å². The molecule has 3 heterocycles. The lowest BCUT2D eigenvalue weighted by Crippen LogP contribution is -2.21. The number of unbranched alkanes of at least 4 members (excludes halogenated alkanes) is 1. The van der Waals surface area contributed by atoms with Crippen LogP contribution in [0.3, 0.4) is 0 Å². The highest BCUT2D eigenvalue weighted by Gasteiger charge is 2.30. The Bertz CT molecular complexity index is 1030. The standard InChI is InChI=1S/C18H22F3N9O2/c1-22-16(31)14-10-29(27-25-14)6-2-3-7-30-11-15(26-28-30)17(32)24-9-13-8-12(4-5-23-13)18(19,20)21/h4-5,8,10-11,17,24,32H,2-3,6-7,9H2,1H3,(H,22,31). The Kier molecular flexibility index (Phi) is 7.48. The fourth-order valence-corrected chi connectivity index (χ4v) is 2.79. The average Bonchev–Trinajstić information content (AvgIpc) is 3.44. The number of alkyl halides is 3. The van der Waals surface area contributed by atoms with Crippen LogP contribution in [0.25, 0.3) is 0 Å². The van der Waals surface area contributed by atoms with Crippen LogP contribution in [0.5, 0.6) is 0 Å². The molecule has 3 rings (SSSR count). The fraction of sp³-hybridized carbons (Fsp3) is 0.444. The molecule has 0 aromatic carbocycles. The molecule has 11 nitrogen and oxygen atoms in total. The summed E-state index contributed by atoms with van der Waals surface area (Å²) in [5.74, 6) is -0.303. The zero-order valence-electron chi connectivity index (χ0n) is 17.1. The average molecular weight is 453 g/mol. The second kappa shape index (κ2) is 10.3. The summed E-state index contributed by atoms with van der Waals surface area (Å²) in [6.45, 7) is 1.03. The Balaban J connectivity index is 1.43. The number of pyridine rings is 1. The van der Waals surface area contributed by atoms with Crippen LogP contribution in [0.2, 0.25) is 0 Å². The number of halogens is 3. The molecule has 3 aromatic rings. The van der Waals surface area contributed by atoms with Crippen molar-refractivity contribution in [3.05, 3.63) is 53.4 Å². The molecule has 0 spiro atoms. The lowest BCUT2D eigenvalue weighted by molar-refractivity contribution is -0.137. The van der Waals surface area contributed by atoms with Gasteiger partial charge in [0, 0.05) is 32.9 Å². The van der Waals surface area contributed by atoms with E-state index in [1.165, 1.54) is 7.05 Å². The van der Waals surface area contributed by atoms with Crippen LogP contribution in [0.15, 0.2) is 30.7 Å². The molecule has 0 radical (unpaired) electrons. The number of hydrogen-bond donors (Lipinski definition) is 3. The van der Waals surface area contributed by atoms with Crippen LogP contribution in [-0.2, 0) is 25.8 Å². The number of carbonyl (C=O) groups is 1. The summed E-state index contributed by atoms with van der Waals surface area (Å²) in [5, 5.41) is 30.8. The van der Waals surface area contributed by atoms with Gasteiger partial charge in [0.1, 0.15) is 5.69 Å². The van der Waals surface area contributed by atoms with Crippen LogP contribution >= 0.6 is 0 Å². The van der Waals surface area contributed by atoms with Gasteiger partial charge in [0.15, 0.2) is 11.9 Å². The Hall–Kier alpha value is -3.39. The Labute approximate surface area is 180 Å². The van der Waals surface area contributed by atoms with Crippen LogP contribution in [0, 0.1) is 0 Å². The third-order valence-electron chi connectivity index (χ3n) is 4.48. The van der Waals surface area contributed by atoms with Crippen molar-refractivity contribution in [2.24, 2.45) is 0 Å². The van der Waals surface area contributed by atoms with E-state index in [9.17, 15) is 23.1 Å². The smallest absolute Gasteiger partial charge is 0.373 e. The largest absolute Gasteiger partial charge is 0.416 e. The first kappa shape index (κ1) is 23.3. The number of hydrogen-bond acceptors (Lipinski definition) is 8. The SMILES string of the molecule is CNC(=O)c1cn(CCCCn2cc(C(O)NCc3cc(C(F)(F)F)ccn3)nn2)nn1. The van der Waals surface area contributed by atoms with Crippen LogP contribution in [-0.4, -0.2) is 53.0 Å². The third kappa shape index (κ3) is 6.31. The van der Waals surface area contributed by atoms with E-state index in [-0.39, 0.29) is 29.5 Å². The number of aromatic nitrogens is 7. The number of carbonyl (C=O) groups excluding carboxylic acids is 1. The number of nitrogens with one attached hydrogen (secondary N) is 2. The van der Waals surface area contributed by atoms with E-state index < -0.39 is 18.0 Å². The fourth-order valence-electron chi connectivity index (χ4n) is 2.79. The van der Waals surface area contributed by atoms with E-state index in [1.54, 1.807) is 21.8 Å². The lowest BCUT2D eigenvalue weighted by atomic mass is 10.2. The molecule has 1 unspecified atom stereocenters. The van der Waals surface area contributed by atoms with Crippen molar-refractivity contribution < 1.29 is 23.1 Å². The van der Waals surface area contributed by atoms with Crippen molar-refractivity contribution in [1.82, 2.24) is 45.6 Å². The summed E-state index contributed by atoms with van der Waals surface area (Å²) in [5.41, 5.74) is -0.182. The summed E-state index contributed by atoms with van der Waals surface area (Å²) in [6, 6.07) is 1.80. The van der Waals surface area contributed by atoms with Gasteiger partial charge in [0.05, 0.1) is 23.7 Å². The molecular formula is C18H22F3N9O2. The predicted octanol–water partition coefficient (Wildman–Crippen LogP) is 0.904. The molecular weight excluding hydrogens is 431 g/mol. The van der Waals surface area contributed by atoms with Crippen molar-refractivity contribution >= 4 is 5.91 Å². The number of aliphatic hydroxyl groups is 1. The monoisotopic (exact) mass is 453 g/mol. The van der Waals surface area contributed by atoms with Crippen LogP contribution < -0.4 is 10.6 Å². The normalized spacial score (nSPS) is 12.7. The minimum atomic E-state index is -4.46. The third-order valence-corrected chi connectivity index (χ3v) is 4.48. The zero-order chi connectivity index (χ0) is 23.1. The van der Waals surface area contributed by atoms with E-state index in [0.717, 1.165) is 31.2 Å². The first-order chi connectivity index (χ1) is 15.3. The lowest BCUT2D eigenvalue weighted by Gasteiger charge is -2.11. The Morgan fingerprint density at radius 2 is 1.84 bits per heavy atom. The first-order valence-corrected chi connectivity index (χ1v) is 9.72. The van der Waals surface area contributed by atoms with E-state index in [1.807, 2.05) is 0 Å². The van der Waals surface area contributed by atoms with E-state index in [2.05, 4.69) is 36.2 Å². The van der Waals surface area contributed by atoms with E-state index in [4.69, 9.17) is 0 Å². The molecule has 0 fully saturated rings. The molecule has 0 saturated carbocycles. The molecule has 1 atom stereocenters. The van der Waals surface area contributed by atoms with Gasteiger partial charge in [-0.15, -0.1) is 10.2 Å². The highest BCUT2D eigenvalue weighted by Crippen LogP contribution is 2.29. The molecule has 172 valence electrons. The predicted molar refractivity (Wildman–Crippen MR) is 104 cm³/mol. The molecule has 3 aromatic heterocycles. The highest BCUT2D eigenvalue weighted by atomic mass is 19.4. The minimum Gasteiger partial charge on any atom is -0.373 e. The highest BCUT2D eigenvalue weighted by molar-refractivity contribution is 5.91. The van der Waals surface area contributed by atoms with Gasteiger partial charge in [0.2, 0.25) is 0 Å². The molecule has 0 bridgehead atoms. The molecule has 0 saturated heterocycles. The van der Waals surface area contributed by atoms with Crippen LogP contribution in [0.1, 0.15) is 46.5 Å². The van der Waals surface area contributed by atoms with Gasteiger partial charge in [-0.2, -0.15) is 13.2 Å². The summed E-state index contributed by atoms with van der Waals surface area (Å²) in [4.78, 5) is 15.3. The van der Waals surface area contributed by atoms with Crippen molar-refractivity contribution in [1.29, 1.82) is 0 Å². The first-order valence-electron chi connectivity index (χ1n) is 9.72. The number of aryl methyl sites for hydroxylation is 2. The number of amides is 1. The molecule has 0 aliphatic rings. The summed E-state index contributed by atoms with van der Waals surface area (Å²) in [7, 11) is 1.52. The second-order valence-corrected chi connectivity index (χ2v) is 6.88. The topological polar surface area (TPSA) is 136 Å². The number of rotatable bonds is 10. The number of nitrogens with zero attached hydrogens (tertiary/aromatic N) is 7. The van der Waals surface area contributed by atoms with Gasteiger partial charge in [-0.25, -0.2) is 0 Å². The summed E-state index contributed by atoms with van der Waals surface area (Å²) in [6.07, 6.45) is -0.00745. The van der Waals surface area contributed by atoms with Gasteiger partial charge in [0.25, 0.3) is 5.91 Å². The number of aliphatic hydroxyl groups excluding tert-OH is 1. The quantitative estimate of drug-likeness (QED) is 0.304. The van der Waals surface area contributed by atoms with Gasteiger partial charge in [-0.3, -0.25) is 24.5 Å². The minimum absolute atomic E-state index is 0.0755. The van der Waals surface area contributed by atoms with Crippen molar-refractivity contribution in [2.75, 3.05) is 7.05 Å². The van der Waals surface area contributed by atoms with Crippen molar-refractivity contribution in [3.63, 3.8) is 0 Å².